The maximum absolute atomic E-state index is 12.5. The zero-order valence-electron chi connectivity index (χ0n) is 13.1. The quantitative estimate of drug-likeness (QED) is 0.662. The number of hydrogen-bond acceptors (Lipinski definition) is 2. The van der Waals surface area contributed by atoms with E-state index in [1.54, 1.807) is 30.5 Å². The van der Waals surface area contributed by atoms with Gasteiger partial charge in [-0.1, -0.05) is 46.3 Å². The van der Waals surface area contributed by atoms with Crippen LogP contribution in [0.1, 0.15) is 28.3 Å². The number of aryl methyl sites for hydroxylation is 1. The number of halogens is 1. The van der Waals surface area contributed by atoms with Crippen LogP contribution in [0.25, 0.3) is 10.9 Å². The molecule has 1 heterocycles. The molecular formula is C19H16BrNO3. The minimum absolute atomic E-state index is 0.0645. The van der Waals surface area contributed by atoms with Gasteiger partial charge in [-0.2, -0.15) is 0 Å². The Labute approximate surface area is 147 Å². The van der Waals surface area contributed by atoms with Gasteiger partial charge in [0, 0.05) is 40.6 Å². The molecule has 5 heteroatoms. The van der Waals surface area contributed by atoms with Crippen molar-refractivity contribution >= 4 is 38.6 Å². The third-order valence-corrected chi connectivity index (χ3v) is 4.69. The molecule has 1 N–H and O–H groups in total. The van der Waals surface area contributed by atoms with Gasteiger partial charge in [0.2, 0.25) is 0 Å². The summed E-state index contributed by atoms with van der Waals surface area (Å²) in [6, 6.07) is 14.6. The van der Waals surface area contributed by atoms with Crippen LogP contribution in [0.15, 0.2) is 59.2 Å². The molecule has 0 bridgehead atoms. The van der Waals surface area contributed by atoms with Crippen molar-refractivity contribution < 1.29 is 14.7 Å². The van der Waals surface area contributed by atoms with Crippen molar-refractivity contribution in [2.45, 2.75) is 12.3 Å². The summed E-state index contributed by atoms with van der Waals surface area (Å²) in [5, 5.41) is 10.5. The van der Waals surface area contributed by atoms with Crippen LogP contribution in [0, 0.1) is 0 Å². The molecule has 2 aromatic carbocycles. The van der Waals surface area contributed by atoms with Gasteiger partial charge < -0.3 is 9.67 Å². The fourth-order valence-corrected chi connectivity index (χ4v) is 3.18. The molecule has 0 saturated heterocycles. The van der Waals surface area contributed by atoms with E-state index < -0.39 is 11.9 Å². The van der Waals surface area contributed by atoms with Gasteiger partial charge in [0.15, 0.2) is 5.78 Å². The van der Waals surface area contributed by atoms with Gasteiger partial charge in [-0.25, -0.2) is 0 Å². The first kappa shape index (κ1) is 16.5. The van der Waals surface area contributed by atoms with E-state index in [0.717, 1.165) is 15.4 Å². The van der Waals surface area contributed by atoms with Gasteiger partial charge in [-0.3, -0.25) is 9.59 Å². The highest BCUT2D eigenvalue weighted by molar-refractivity contribution is 9.10. The highest BCUT2D eigenvalue weighted by Gasteiger charge is 2.27. The van der Waals surface area contributed by atoms with Crippen molar-refractivity contribution in [2.24, 2.45) is 7.05 Å². The molecule has 3 aromatic rings. The summed E-state index contributed by atoms with van der Waals surface area (Å²) in [6.07, 6.45) is 1.74. The van der Waals surface area contributed by atoms with Crippen LogP contribution in [-0.2, 0) is 11.8 Å². The number of Topliss-reactive ketones (excluding diaryl/α,β-unsaturated/α-hetero) is 1. The Morgan fingerprint density at radius 1 is 1.12 bits per heavy atom. The number of ketones is 1. The normalized spacial score (nSPS) is 12.2. The fraction of sp³-hybridized carbons (Fsp3) is 0.158. The Hall–Kier alpha value is -2.40. The van der Waals surface area contributed by atoms with Gasteiger partial charge >= 0.3 is 5.97 Å². The second kappa shape index (κ2) is 6.61. The van der Waals surface area contributed by atoms with E-state index in [1.165, 1.54) is 0 Å². The predicted octanol–water partition coefficient (Wildman–Crippen LogP) is 4.38. The van der Waals surface area contributed by atoms with Crippen molar-refractivity contribution in [2.75, 3.05) is 0 Å². The second-order valence-electron chi connectivity index (χ2n) is 5.74. The number of benzene rings is 2. The van der Waals surface area contributed by atoms with Gasteiger partial charge in [0.25, 0.3) is 0 Å². The number of para-hydroxylation sites is 1. The summed E-state index contributed by atoms with van der Waals surface area (Å²) >= 11 is 3.33. The zero-order chi connectivity index (χ0) is 17.3. The fourth-order valence-electron chi connectivity index (χ4n) is 2.92. The summed E-state index contributed by atoms with van der Waals surface area (Å²) < 4.78 is 2.77. The number of rotatable bonds is 5. The van der Waals surface area contributed by atoms with E-state index in [0.29, 0.717) is 11.1 Å². The van der Waals surface area contributed by atoms with Gasteiger partial charge in [-0.05, 0) is 23.8 Å². The second-order valence-corrected chi connectivity index (χ2v) is 6.65. The van der Waals surface area contributed by atoms with E-state index in [-0.39, 0.29) is 12.2 Å². The van der Waals surface area contributed by atoms with Crippen LogP contribution in [0.2, 0.25) is 0 Å². The summed E-state index contributed by atoms with van der Waals surface area (Å²) in [5.41, 5.74) is 2.14. The first-order valence-electron chi connectivity index (χ1n) is 7.53. The van der Waals surface area contributed by atoms with Crippen LogP contribution in [0.3, 0.4) is 0 Å². The topological polar surface area (TPSA) is 59.3 Å². The van der Waals surface area contributed by atoms with E-state index in [2.05, 4.69) is 15.9 Å². The van der Waals surface area contributed by atoms with Crippen LogP contribution < -0.4 is 0 Å². The predicted molar refractivity (Wildman–Crippen MR) is 96.4 cm³/mol. The molecule has 0 aliphatic carbocycles. The molecule has 122 valence electrons. The first-order chi connectivity index (χ1) is 11.5. The van der Waals surface area contributed by atoms with E-state index >= 15 is 0 Å². The van der Waals surface area contributed by atoms with Crippen molar-refractivity contribution in [3.05, 3.63) is 70.3 Å². The number of carboxylic acids is 1. The molecule has 3 rings (SSSR count). The summed E-state index contributed by atoms with van der Waals surface area (Å²) in [7, 11) is 1.88. The third-order valence-electron chi connectivity index (χ3n) is 4.16. The van der Waals surface area contributed by atoms with Crippen LogP contribution in [0.4, 0.5) is 0 Å². The largest absolute Gasteiger partial charge is 0.481 e. The summed E-state index contributed by atoms with van der Waals surface area (Å²) in [5.74, 6) is -2.04. The average molecular weight is 386 g/mol. The van der Waals surface area contributed by atoms with E-state index in [9.17, 15) is 14.7 Å². The van der Waals surface area contributed by atoms with E-state index in [1.807, 2.05) is 35.9 Å². The molecule has 0 aliphatic heterocycles. The van der Waals surface area contributed by atoms with E-state index in [4.69, 9.17) is 0 Å². The van der Waals surface area contributed by atoms with Gasteiger partial charge in [0.05, 0.1) is 5.92 Å². The lowest BCUT2D eigenvalue weighted by Gasteiger charge is -2.11. The van der Waals surface area contributed by atoms with Crippen molar-refractivity contribution in [1.82, 2.24) is 4.57 Å². The molecule has 0 saturated carbocycles. The van der Waals surface area contributed by atoms with Crippen LogP contribution in [-0.4, -0.2) is 21.4 Å². The lowest BCUT2D eigenvalue weighted by molar-refractivity contribution is -0.138. The van der Waals surface area contributed by atoms with Crippen LogP contribution >= 0.6 is 15.9 Å². The maximum atomic E-state index is 12.5. The minimum Gasteiger partial charge on any atom is -0.481 e. The number of aromatic nitrogens is 1. The monoisotopic (exact) mass is 385 g/mol. The number of aliphatic carboxylic acids is 1. The Bertz CT molecular complexity index is 912. The lowest BCUT2D eigenvalue weighted by Crippen LogP contribution is -2.16. The minimum atomic E-state index is -0.989. The molecule has 1 atom stereocenters. The average Bonchev–Trinajstić information content (AvgIpc) is 2.90. The number of carboxylic acid groups (broad SMARTS) is 1. The Balaban J connectivity index is 1.96. The van der Waals surface area contributed by atoms with Gasteiger partial charge in [-0.15, -0.1) is 0 Å². The van der Waals surface area contributed by atoms with Crippen molar-refractivity contribution in [3.8, 4) is 0 Å². The molecule has 0 fully saturated rings. The molecule has 0 radical (unpaired) electrons. The van der Waals surface area contributed by atoms with Crippen molar-refractivity contribution in [3.63, 3.8) is 0 Å². The summed E-state index contributed by atoms with van der Waals surface area (Å²) in [6.45, 7) is 0. The molecule has 0 aliphatic rings. The Morgan fingerprint density at radius 2 is 1.79 bits per heavy atom. The highest BCUT2D eigenvalue weighted by Crippen LogP contribution is 2.30. The number of carbonyl (C=O) groups is 2. The third kappa shape index (κ3) is 3.12. The summed E-state index contributed by atoms with van der Waals surface area (Å²) in [4.78, 5) is 24.3. The Morgan fingerprint density at radius 3 is 2.46 bits per heavy atom. The number of hydrogen-bond donors (Lipinski definition) is 1. The van der Waals surface area contributed by atoms with Crippen molar-refractivity contribution in [1.29, 1.82) is 0 Å². The molecular weight excluding hydrogens is 370 g/mol. The number of carbonyl (C=O) groups excluding carboxylic acids is 1. The number of fused-ring (bicyclic) bond motifs is 1. The molecule has 1 aromatic heterocycles. The molecule has 1 unspecified atom stereocenters. The highest BCUT2D eigenvalue weighted by atomic mass is 79.9. The standard InChI is InChI=1S/C19H16BrNO3/c1-21-11-16(14-4-2-3-5-17(14)21)15(19(23)24)10-18(22)12-6-8-13(20)9-7-12/h2-9,11,15H,10H2,1H3,(H,23,24). The molecule has 24 heavy (non-hydrogen) atoms. The SMILES string of the molecule is Cn1cc(C(CC(=O)c2ccc(Br)cc2)C(=O)O)c2ccccc21. The first-order valence-corrected chi connectivity index (χ1v) is 8.32. The molecule has 0 spiro atoms. The smallest absolute Gasteiger partial charge is 0.311 e. The molecule has 4 nitrogen and oxygen atoms in total. The maximum Gasteiger partial charge on any atom is 0.311 e. The molecule has 0 amide bonds. The zero-order valence-corrected chi connectivity index (χ0v) is 14.7. The number of nitrogens with zero attached hydrogens (tertiary/aromatic N) is 1. The Kier molecular flexibility index (Phi) is 4.53. The van der Waals surface area contributed by atoms with Gasteiger partial charge in [0.1, 0.15) is 0 Å². The van der Waals surface area contributed by atoms with Crippen LogP contribution in [0.5, 0.6) is 0 Å². The lowest BCUT2D eigenvalue weighted by atomic mass is 9.91.